The van der Waals surface area contributed by atoms with Crippen molar-refractivity contribution in [1.82, 2.24) is 4.40 Å². The van der Waals surface area contributed by atoms with Gasteiger partial charge in [0.05, 0.1) is 28.2 Å². The molecule has 0 atom stereocenters. The molecule has 0 radical (unpaired) electrons. The lowest BCUT2D eigenvalue weighted by Crippen LogP contribution is -2.44. The molecule has 2 nitrogen and oxygen atoms in total. The molecule has 0 N–H and O–H groups in total. The number of aromatic nitrogens is 1. The second-order valence-corrected chi connectivity index (χ2v) is 15.6. The van der Waals surface area contributed by atoms with Crippen LogP contribution in [0.4, 0.5) is 0 Å². The van der Waals surface area contributed by atoms with E-state index >= 15 is 0 Å². The molecule has 0 spiro atoms. The number of fused-ring (bicyclic) bond motifs is 12. The van der Waals surface area contributed by atoms with E-state index in [1.54, 1.807) is 11.1 Å². The summed E-state index contributed by atoms with van der Waals surface area (Å²) in [4.78, 5) is 0. The second-order valence-electron chi connectivity index (χ2n) is 15.6. The molecule has 218 valence electrons. The summed E-state index contributed by atoms with van der Waals surface area (Å²) in [6.45, 7) is 5.03. The van der Waals surface area contributed by atoms with Crippen LogP contribution in [0.15, 0.2) is 72.8 Å². The molecule has 2 heterocycles. The van der Waals surface area contributed by atoms with Crippen LogP contribution in [0, 0.1) is 11.3 Å². The Morgan fingerprint density at radius 1 is 0.644 bits per heavy atom. The van der Waals surface area contributed by atoms with Gasteiger partial charge in [0.25, 0.3) is 0 Å². The third-order valence-corrected chi connectivity index (χ3v) is 13.4. The Labute approximate surface area is 263 Å². The van der Waals surface area contributed by atoms with E-state index in [-0.39, 0.29) is 10.8 Å². The Morgan fingerprint density at radius 2 is 1.33 bits per heavy atom. The van der Waals surface area contributed by atoms with Gasteiger partial charge in [-0.05, 0) is 149 Å². The summed E-state index contributed by atoms with van der Waals surface area (Å²) < 4.78 is 2.59. The summed E-state index contributed by atoms with van der Waals surface area (Å²) in [6, 6.07) is 30.6. The van der Waals surface area contributed by atoms with Crippen LogP contribution in [-0.2, 0) is 10.8 Å². The van der Waals surface area contributed by atoms with E-state index in [2.05, 4.69) is 97.1 Å². The predicted molar refractivity (Wildman–Crippen MR) is 186 cm³/mol. The van der Waals surface area contributed by atoms with E-state index in [0.29, 0.717) is 11.8 Å². The summed E-state index contributed by atoms with van der Waals surface area (Å²) in [5.41, 5.74) is 14.0. The molecule has 6 aliphatic carbocycles. The molecule has 2 aromatic heterocycles. The molecular formula is C43H36N2. The Hall–Kier alpha value is -4.35. The standard InChI is InChI=1S/C43H36N2/c1-42-14-16-43(2,17-15-42)34-22-35-31(21-33(34)42)32-19-28-18-27(24-6-4-3-5-7-24)12-13-30(28)39-40-36(45(35)41(32)39)20-29(23-44)37-25-8-10-26(11-9-25)38(37)40/h3-7,12-13,18-22,25-26H,8-11,14-17H2,1-2H3. The van der Waals surface area contributed by atoms with E-state index in [9.17, 15) is 5.26 Å². The van der Waals surface area contributed by atoms with Crippen LogP contribution >= 0.6 is 0 Å². The molecule has 45 heavy (non-hydrogen) atoms. The molecule has 2 fully saturated rings. The number of rotatable bonds is 1. The topological polar surface area (TPSA) is 28.2 Å². The first-order valence-corrected chi connectivity index (χ1v) is 17.2. The second kappa shape index (κ2) is 8.07. The third kappa shape index (κ3) is 2.92. The average Bonchev–Trinajstić information content (AvgIpc) is 3.60. The van der Waals surface area contributed by atoms with Crippen molar-refractivity contribution in [2.24, 2.45) is 0 Å². The zero-order valence-electron chi connectivity index (χ0n) is 26.1. The largest absolute Gasteiger partial charge is 0.308 e. The van der Waals surface area contributed by atoms with Crippen molar-refractivity contribution in [2.45, 2.75) is 87.9 Å². The first kappa shape index (κ1) is 24.9. The van der Waals surface area contributed by atoms with Crippen LogP contribution in [0.2, 0.25) is 0 Å². The molecule has 6 aliphatic rings. The minimum absolute atomic E-state index is 0.254. The van der Waals surface area contributed by atoms with Crippen LogP contribution in [-0.4, -0.2) is 4.40 Å². The Kier molecular flexibility index (Phi) is 4.47. The van der Waals surface area contributed by atoms with E-state index in [1.165, 1.54) is 122 Å². The number of benzene rings is 5. The lowest BCUT2D eigenvalue weighted by Gasteiger charge is -2.52. The van der Waals surface area contributed by atoms with Crippen molar-refractivity contribution in [1.29, 1.82) is 5.26 Å². The lowest BCUT2D eigenvalue weighted by atomic mass is 9.52. The minimum atomic E-state index is 0.254. The van der Waals surface area contributed by atoms with Crippen molar-refractivity contribution in [3.63, 3.8) is 0 Å². The molecule has 0 saturated heterocycles. The van der Waals surface area contributed by atoms with Crippen molar-refractivity contribution in [2.75, 3.05) is 0 Å². The highest BCUT2D eigenvalue weighted by Crippen LogP contribution is 2.59. The van der Waals surface area contributed by atoms with E-state index in [4.69, 9.17) is 0 Å². The fourth-order valence-corrected chi connectivity index (χ4v) is 10.9. The number of nitriles is 1. The highest BCUT2D eigenvalue weighted by atomic mass is 14.9. The van der Waals surface area contributed by atoms with Gasteiger partial charge in [-0.1, -0.05) is 56.3 Å². The maximum absolute atomic E-state index is 10.6. The SMILES string of the molecule is CC12CCC(C)(CC1)c1cc3c(cc12)c1cc2cc(-c4ccccc4)ccc2c2c4c5c(c(C#N)cc4n3c12)C1CCC5CC1. The van der Waals surface area contributed by atoms with Crippen molar-refractivity contribution >= 4 is 48.9 Å². The van der Waals surface area contributed by atoms with E-state index < -0.39 is 0 Å². The molecule has 0 unspecified atom stereocenters. The van der Waals surface area contributed by atoms with Crippen LogP contribution in [0.25, 0.3) is 60.0 Å². The van der Waals surface area contributed by atoms with Gasteiger partial charge in [0.2, 0.25) is 0 Å². The summed E-state index contributed by atoms with van der Waals surface area (Å²) in [7, 11) is 0. The van der Waals surface area contributed by atoms with E-state index in [1.807, 2.05) is 0 Å². The highest BCUT2D eigenvalue weighted by Gasteiger charge is 2.48. The van der Waals surface area contributed by atoms with Crippen LogP contribution in [0.1, 0.15) is 105 Å². The van der Waals surface area contributed by atoms with Gasteiger partial charge in [-0.25, -0.2) is 0 Å². The Morgan fingerprint density at radius 3 is 2.04 bits per heavy atom. The number of nitrogens with zero attached hydrogens (tertiary/aromatic N) is 2. The van der Waals surface area contributed by atoms with Gasteiger partial charge < -0.3 is 4.40 Å². The summed E-state index contributed by atoms with van der Waals surface area (Å²) in [5.74, 6) is 1.08. The average molecular weight is 581 g/mol. The minimum Gasteiger partial charge on any atom is -0.308 e. The van der Waals surface area contributed by atoms with Crippen LogP contribution < -0.4 is 0 Å². The van der Waals surface area contributed by atoms with Gasteiger partial charge in [0.15, 0.2) is 0 Å². The zero-order valence-corrected chi connectivity index (χ0v) is 26.1. The summed E-state index contributed by atoms with van der Waals surface area (Å²) in [6.07, 6.45) is 10.1. The predicted octanol–water partition coefficient (Wildman–Crippen LogP) is 11.4. The zero-order chi connectivity index (χ0) is 29.8. The van der Waals surface area contributed by atoms with Gasteiger partial charge in [-0.15, -0.1) is 0 Å². The van der Waals surface area contributed by atoms with Gasteiger partial charge in [-0.3, -0.25) is 0 Å². The smallest absolute Gasteiger partial charge is 0.0995 e. The van der Waals surface area contributed by atoms with Crippen molar-refractivity contribution < 1.29 is 0 Å². The van der Waals surface area contributed by atoms with Gasteiger partial charge >= 0.3 is 0 Å². The molecule has 0 amide bonds. The number of hydrogen-bond donors (Lipinski definition) is 0. The first-order valence-electron chi connectivity index (χ1n) is 17.2. The fourth-order valence-electron chi connectivity index (χ4n) is 10.9. The molecule has 2 saturated carbocycles. The van der Waals surface area contributed by atoms with E-state index in [0.717, 1.165) is 5.56 Å². The molecule has 13 rings (SSSR count). The highest BCUT2D eigenvalue weighted by molar-refractivity contribution is 6.32. The quantitative estimate of drug-likeness (QED) is 0.190. The van der Waals surface area contributed by atoms with Gasteiger partial charge in [-0.2, -0.15) is 5.26 Å². The Bertz CT molecular complexity index is 2470. The summed E-state index contributed by atoms with van der Waals surface area (Å²) >= 11 is 0. The van der Waals surface area contributed by atoms with Crippen LogP contribution in [0.3, 0.4) is 0 Å². The van der Waals surface area contributed by atoms with Crippen molar-refractivity contribution in [3.8, 4) is 17.2 Å². The fraction of sp³-hybridized carbons (Fsp3) is 0.326. The van der Waals surface area contributed by atoms with Gasteiger partial charge in [0, 0.05) is 21.5 Å². The molecular weight excluding hydrogens is 544 g/mol. The molecule has 5 aromatic carbocycles. The van der Waals surface area contributed by atoms with Gasteiger partial charge in [0.1, 0.15) is 0 Å². The van der Waals surface area contributed by atoms with Crippen LogP contribution in [0.5, 0.6) is 0 Å². The molecule has 0 aliphatic heterocycles. The Balaban J connectivity index is 1.37. The maximum Gasteiger partial charge on any atom is 0.0995 e. The molecule has 2 heteroatoms. The molecule has 4 bridgehead atoms. The monoisotopic (exact) mass is 580 g/mol. The number of hydrogen-bond acceptors (Lipinski definition) is 1. The molecule has 7 aromatic rings. The first-order chi connectivity index (χ1) is 22.0. The van der Waals surface area contributed by atoms with Crippen molar-refractivity contribution in [3.05, 3.63) is 101 Å². The third-order valence-electron chi connectivity index (χ3n) is 13.4. The maximum atomic E-state index is 10.6. The normalized spacial score (nSPS) is 26.8. The summed E-state index contributed by atoms with van der Waals surface area (Å²) in [5, 5.41) is 18.9. The lowest BCUT2D eigenvalue weighted by molar-refractivity contribution is 0.188.